The fraction of sp³-hybridized carbons (Fsp3) is 0.444. The molecule has 7 nitrogen and oxygen atoms in total. The zero-order valence-corrected chi connectivity index (χ0v) is 23.3. The molecule has 2 aromatic rings. The molecule has 2 aromatic carbocycles. The summed E-state index contributed by atoms with van der Waals surface area (Å²) in [5.41, 5.74) is 1.17. The van der Waals surface area contributed by atoms with Crippen molar-refractivity contribution in [1.29, 1.82) is 0 Å². The highest BCUT2D eigenvalue weighted by molar-refractivity contribution is 9.09. The number of benzene rings is 2. The van der Waals surface area contributed by atoms with Crippen LogP contribution < -0.4 is 10.6 Å². The van der Waals surface area contributed by atoms with Gasteiger partial charge in [-0.1, -0.05) is 57.9 Å². The molecule has 2 bridgehead atoms. The molecule has 0 aromatic heterocycles. The van der Waals surface area contributed by atoms with Crippen molar-refractivity contribution in [1.82, 2.24) is 4.90 Å². The molecule has 0 aliphatic carbocycles. The molecule has 10 heteroatoms. The highest BCUT2D eigenvalue weighted by Crippen LogP contribution is 2.67. The normalized spacial score (nSPS) is 29.9. The molecule has 3 N–H and O–H groups in total. The number of alkyl halides is 1. The number of halogens is 2. The second kappa shape index (κ2) is 11.0. The molecule has 1 spiro atoms. The minimum atomic E-state index is -0.736. The van der Waals surface area contributed by atoms with Gasteiger partial charge in [-0.25, -0.2) is 0 Å². The van der Waals surface area contributed by atoms with Crippen molar-refractivity contribution in [2.24, 2.45) is 11.8 Å². The van der Waals surface area contributed by atoms with E-state index in [9.17, 15) is 19.5 Å². The summed E-state index contributed by atoms with van der Waals surface area (Å²) >= 11 is 11.7. The first-order valence-electron chi connectivity index (χ1n) is 12.5. The van der Waals surface area contributed by atoms with Gasteiger partial charge in [-0.2, -0.15) is 0 Å². The number of nitrogens with zero attached hydrogens (tertiary/aromatic N) is 1. The van der Waals surface area contributed by atoms with Crippen LogP contribution in [0.1, 0.15) is 25.7 Å². The van der Waals surface area contributed by atoms with E-state index >= 15 is 0 Å². The van der Waals surface area contributed by atoms with Gasteiger partial charge in [-0.15, -0.1) is 11.8 Å². The van der Waals surface area contributed by atoms with Crippen molar-refractivity contribution < 1.29 is 19.5 Å². The molecule has 6 atom stereocenters. The molecular weight excluding hydrogens is 578 g/mol. The number of hydrogen-bond donors (Lipinski definition) is 3. The van der Waals surface area contributed by atoms with Crippen LogP contribution in [0.3, 0.4) is 0 Å². The number of aliphatic hydroxyl groups is 1. The number of aliphatic hydroxyl groups excluding tert-OH is 1. The van der Waals surface area contributed by atoms with Gasteiger partial charge >= 0.3 is 0 Å². The van der Waals surface area contributed by atoms with Gasteiger partial charge in [-0.3, -0.25) is 14.4 Å². The number of thioether (sulfide) groups is 1. The predicted octanol–water partition coefficient (Wildman–Crippen LogP) is 4.54. The Balaban J connectivity index is 1.47. The van der Waals surface area contributed by atoms with Gasteiger partial charge in [-0.05, 0) is 49.9 Å². The molecule has 196 valence electrons. The Morgan fingerprint density at radius 2 is 1.78 bits per heavy atom. The maximum absolute atomic E-state index is 14.0. The van der Waals surface area contributed by atoms with Crippen LogP contribution in [0.2, 0.25) is 5.02 Å². The van der Waals surface area contributed by atoms with Gasteiger partial charge in [0.15, 0.2) is 0 Å². The Kier molecular flexibility index (Phi) is 7.86. The smallest absolute Gasteiger partial charge is 0.248 e. The Morgan fingerprint density at radius 3 is 2.51 bits per heavy atom. The standard InChI is InChI=1S/C27H29BrClN3O4S/c28-17-15-27-21(20(22(17)37-27)24(34)30-16-9-3-1-4-10-16)26(36)32(13-7-2-8-14-33)23(27)25(35)31-19-12-6-5-11-18(19)29/h1,3-6,9-12,17,20-23,33H,2,7-8,13-15H2,(H,30,34)(H,31,35)/t17?,20-,21-,22-,23?,27?/m0/s1. The Bertz CT molecular complexity index is 1190. The number of carbonyl (C=O) groups excluding carboxylic acids is 3. The molecule has 0 saturated carbocycles. The molecule has 0 radical (unpaired) electrons. The van der Waals surface area contributed by atoms with Crippen LogP contribution in [0.4, 0.5) is 11.4 Å². The van der Waals surface area contributed by atoms with Crippen LogP contribution in [-0.4, -0.2) is 61.7 Å². The van der Waals surface area contributed by atoms with E-state index in [2.05, 4.69) is 26.6 Å². The molecular formula is C27H29BrClN3O4S. The van der Waals surface area contributed by atoms with Crippen molar-refractivity contribution in [3.63, 3.8) is 0 Å². The summed E-state index contributed by atoms with van der Waals surface area (Å²) in [6.45, 7) is 0.477. The van der Waals surface area contributed by atoms with Crippen molar-refractivity contribution in [2.45, 2.75) is 46.5 Å². The van der Waals surface area contributed by atoms with E-state index in [-0.39, 0.29) is 34.4 Å². The van der Waals surface area contributed by atoms with E-state index in [1.54, 1.807) is 40.9 Å². The van der Waals surface area contributed by atoms with E-state index in [1.807, 2.05) is 30.3 Å². The molecule has 3 aliphatic heterocycles. The summed E-state index contributed by atoms with van der Waals surface area (Å²) in [6.07, 6.45) is 2.65. The first-order chi connectivity index (χ1) is 17.9. The Hall–Kier alpha value is -2.07. The van der Waals surface area contributed by atoms with Crippen LogP contribution in [0.5, 0.6) is 0 Å². The largest absolute Gasteiger partial charge is 0.396 e. The molecule has 3 unspecified atom stereocenters. The number of rotatable bonds is 9. The number of unbranched alkanes of at least 4 members (excludes halogenated alkanes) is 2. The second-order valence-corrected chi connectivity index (χ2v) is 12.9. The molecule has 3 saturated heterocycles. The number of hydrogen-bond acceptors (Lipinski definition) is 5. The number of para-hydroxylation sites is 2. The molecule has 5 rings (SSSR count). The average molecular weight is 607 g/mol. The highest BCUT2D eigenvalue weighted by Gasteiger charge is 2.75. The van der Waals surface area contributed by atoms with Gasteiger partial charge in [0.25, 0.3) is 0 Å². The Labute approximate surface area is 233 Å². The first kappa shape index (κ1) is 26.5. The summed E-state index contributed by atoms with van der Waals surface area (Å²) in [5, 5.41) is 15.4. The van der Waals surface area contributed by atoms with Crippen molar-refractivity contribution >= 4 is 68.4 Å². The van der Waals surface area contributed by atoms with E-state index in [0.29, 0.717) is 42.2 Å². The van der Waals surface area contributed by atoms with Crippen molar-refractivity contribution in [3.8, 4) is 0 Å². The number of likely N-dealkylation sites (tertiary alicyclic amines) is 1. The van der Waals surface area contributed by atoms with E-state index in [4.69, 9.17) is 11.6 Å². The summed E-state index contributed by atoms with van der Waals surface area (Å²) in [7, 11) is 0. The third-order valence-corrected chi connectivity index (χ3v) is 11.1. The Morgan fingerprint density at radius 1 is 1.05 bits per heavy atom. The molecule has 37 heavy (non-hydrogen) atoms. The van der Waals surface area contributed by atoms with E-state index in [1.165, 1.54) is 0 Å². The van der Waals surface area contributed by atoms with Crippen LogP contribution in [-0.2, 0) is 14.4 Å². The SMILES string of the molecule is O=C(Nc1ccccc1Cl)C1N(CCCCCO)C(=O)[C@@H]2[C@H](C(=O)Nc3ccccc3)[C@H]3SC12CC3Br. The lowest BCUT2D eigenvalue weighted by Crippen LogP contribution is -2.52. The van der Waals surface area contributed by atoms with Gasteiger partial charge in [0.2, 0.25) is 17.7 Å². The van der Waals surface area contributed by atoms with Crippen molar-refractivity contribution in [3.05, 3.63) is 59.6 Å². The number of nitrogens with one attached hydrogen (secondary N) is 2. The summed E-state index contributed by atoms with van der Waals surface area (Å²) < 4.78 is -0.725. The quantitative estimate of drug-likeness (QED) is 0.288. The van der Waals surface area contributed by atoms with E-state index in [0.717, 1.165) is 6.42 Å². The van der Waals surface area contributed by atoms with Crippen LogP contribution in [0, 0.1) is 11.8 Å². The zero-order chi connectivity index (χ0) is 26.2. The molecule has 3 fully saturated rings. The van der Waals surface area contributed by atoms with Crippen LogP contribution >= 0.6 is 39.3 Å². The van der Waals surface area contributed by atoms with Gasteiger partial charge in [0.05, 0.1) is 27.3 Å². The number of fused-ring (bicyclic) bond motifs is 1. The molecule has 3 heterocycles. The summed E-state index contributed by atoms with van der Waals surface area (Å²) in [4.78, 5) is 43.1. The third-order valence-electron chi connectivity index (χ3n) is 7.57. The minimum absolute atomic E-state index is 0.00183. The van der Waals surface area contributed by atoms with E-state index < -0.39 is 22.6 Å². The summed E-state index contributed by atoms with van der Waals surface area (Å²) in [5.74, 6) is -1.79. The van der Waals surface area contributed by atoms with Gasteiger partial charge < -0.3 is 20.6 Å². The number of amides is 3. The third kappa shape index (κ3) is 4.80. The highest BCUT2D eigenvalue weighted by atomic mass is 79.9. The van der Waals surface area contributed by atoms with Crippen LogP contribution in [0.15, 0.2) is 54.6 Å². The fourth-order valence-electron chi connectivity index (χ4n) is 6.05. The lowest BCUT2D eigenvalue weighted by molar-refractivity contribution is -0.138. The topological polar surface area (TPSA) is 98.7 Å². The lowest BCUT2D eigenvalue weighted by Gasteiger charge is -2.35. The molecule has 3 aliphatic rings. The number of anilines is 2. The monoisotopic (exact) mass is 605 g/mol. The maximum Gasteiger partial charge on any atom is 0.248 e. The van der Waals surface area contributed by atoms with Gasteiger partial charge in [0.1, 0.15) is 6.04 Å². The average Bonchev–Trinajstić information content (AvgIpc) is 3.47. The second-order valence-electron chi connectivity index (χ2n) is 9.80. The fourth-order valence-corrected chi connectivity index (χ4v) is 9.85. The first-order valence-corrected chi connectivity index (χ1v) is 14.7. The number of carbonyl (C=O) groups is 3. The maximum atomic E-state index is 14.0. The summed E-state index contributed by atoms with van der Waals surface area (Å²) in [6, 6.07) is 15.5. The predicted molar refractivity (Wildman–Crippen MR) is 150 cm³/mol. The van der Waals surface area contributed by atoms with Crippen LogP contribution in [0.25, 0.3) is 0 Å². The lowest BCUT2D eigenvalue weighted by atomic mass is 9.70. The van der Waals surface area contributed by atoms with Crippen molar-refractivity contribution in [2.75, 3.05) is 23.8 Å². The zero-order valence-electron chi connectivity index (χ0n) is 20.1. The van der Waals surface area contributed by atoms with Gasteiger partial charge in [0, 0.05) is 28.9 Å². The molecule has 3 amide bonds. The minimum Gasteiger partial charge on any atom is -0.396 e.